The van der Waals surface area contributed by atoms with Gasteiger partial charge in [0, 0.05) is 39.3 Å². The van der Waals surface area contributed by atoms with Crippen molar-refractivity contribution in [1.82, 2.24) is 14.5 Å². The van der Waals surface area contributed by atoms with Gasteiger partial charge in [0.1, 0.15) is 5.75 Å². The van der Waals surface area contributed by atoms with Crippen LogP contribution in [0.1, 0.15) is 5.56 Å². The van der Waals surface area contributed by atoms with Crippen LogP contribution in [0, 0.1) is 0 Å². The molecule has 0 bridgehead atoms. The van der Waals surface area contributed by atoms with E-state index in [9.17, 15) is 23.1 Å². The summed E-state index contributed by atoms with van der Waals surface area (Å²) < 4.78 is 39.8. The zero-order chi connectivity index (χ0) is 21.3. The van der Waals surface area contributed by atoms with E-state index in [-0.39, 0.29) is 17.0 Å². The number of piperazine rings is 1. The lowest BCUT2D eigenvalue weighted by atomic mass is 10.1. The Morgan fingerprint density at radius 1 is 1.00 bits per heavy atom. The van der Waals surface area contributed by atoms with Gasteiger partial charge in [0.25, 0.3) is 0 Å². The van der Waals surface area contributed by atoms with Gasteiger partial charge in [0.05, 0.1) is 23.1 Å². The number of phenolic OH excluding ortho intramolecular Hbond substituents is 1. The van der Waals surface area contributed by atoms with E-state index in [4.69, 9.17) is 0 Å². The van der Waals surface area contributed by atoms with Gasteiger partial charge in [-0.05, 0) is 29.8 Å². The number of alkyl halides is 3. The molecule has 30 heavy (non-hydrogen) atoms. The van der Waals surface area contributed by atoms with E-state index in [1.807, 2.05) is 29.2 Å². The lowest BCUT2D eigenvalue weighted by Gasteiger charge is -2.36. The molecular weight excluding hydrogens is 397 g/mol. The minimum absolute atomic E-state index is 0.0141. The van der Waals surface area contributed by atoms with Crippen molar-refractivity contribution in [3.05, 3.63) is 58.5 Å². The number of anilines is 1. The van der Waals surface area contributed by atoms with Crippen LogP contribution < -0.4 is 10.6 Å². The van der Waals surface area contributed by atoms with Gasteiger partial charge in [-0.3, -0.25) is 9.47 Å². The number of rotatable bonds is 5. The molecule has 2 aromatic carbocycles. The normalized spacial score (nSPS) is 15.8. The Hall–Kier alpha value is -2.94. The summed E-state index contributed by atoms with van der Waals surface area (Å²) in [6.07, 6.45) is -5.30. The second-order valence-electron chi connectivity index (χ2n) is 7.54. The molecule has 160 valence electrons. The van der Waals surface area contributed by atoms with Crippen LogP contribution in [0.3, 0.4) is 0 Å². The van der Waals surface area contributed by atoms with Crippen molar-refractivity contribution in [1.29, 1.82) is 0 Å². The molecule has 0 saturated carbocycles. The molecule has 3 aromatic rings. The molecule has 1 aromatic heterocycles. The van der Waals surface area contributed by atoms with Crippen LogP contribution in [0.15, 0.2) is 47.3 Å². The molecular formula is C21H23F3N4O2. The first-order valence-corrected chi connectivity index (χ1v) is 9.84. The van der Waals surface area contributed by atoms with Crippen LogP contribution in [0.2, 0.25) is 0 Å². The molecule has 0 radical (unpaired) electrons. The van der Waals surface area contributed by atoms with Crippen molar-refractivity contribution in [3.8, 4) is 5.75 Å². The van der Waals surface area contributed by atoms with Gasteiger partial charge < -0.3 is 15.0 Å². The third-order valence-electron chi connectivity index (χ3n) is 5.48. The van der Waals surface area contributed by atoms with Gasteiger partial charge in [-0.2, -0.15) is 13.2 Å². The van der Waals surface area contributed by atoms with Crippen LogP contribution in [-0.4, -0.2) is 58.5 Å². The summed E-state index contributed by atoms with van der Waals surface area (Å²) in [7, 11) is 0. The number of hydrogen-bond acceptors (Lipinski definition) is 4. The van der Waals surface area contributed by atoms with Gasteiger partial charge in [0.15, 0.2) is 0 Å². The molecule has 6 nitrogen and oxygen atoms in total. The summed E-state index contributed by atoms with van der Waals surface area (Å²) in [6.45, 7) is 3.81. The van der Waals surface area contributed by atoms with E-state index in [1.54, 1.807) is 4.57 Å². The fourth-order valence-electron chi connectivity index (χ4n) is 3.95. The second-order valence-corrected chi connectivity index (χ2v) is 7.54. The average Bonchev–Trinajstić information content (AvgIpc) is 3.02. The van der Waals surface area contributed by atoms with Crippen molar-refractivity contribution in [2.45, 2.75) is 19.1 Å². The molecule has 1 aliphatic rings. The fourth-order valence-corrected chi connectivity index (χ4v) is 3.95. The number of nitrogens with zero attached hydrogens (tertiary/aromatic N) is 3. The van der Waals surface area contributed by atoms with Gasteiger partial charge in [-0.1, -0.05) is 18.2 Å². The number of nitrogens with one attached hydrogen (secondary N) is 1. The van der Waals surface area contributed by atoms with Crippen LogP contribution in [-0.2, 0) is 13.0 Å². The smallest absolute Gasteiger partial charge is 0.393 e. The number of halogens is 3. The Kier molecular flexibility index (Phi) is 5.46. The predicted molar refractivity (Wildman–Crippen MR) is 109 cm³/mol. The number of benzene rings is 2. The van der Waals surface area contributed by atoms with Crippen molar-refractivity contribution in [3.63, 3.8) is 0 Å². The first-order chi connectivity index (χ1) is 14.3. The molecule has 1 fully saturated rings. The molecule has 2 N–H and O–H groups in total. The highest BCUT2D eigenvalue weighted by atomic mass is 19.4. The monoisotopic (exact) mass is 420 g/mol. The maximum atomic E-state index is 12.7. The molecule has 0 amide bonds. The summed E-state index contributed by atoms with van der Waals surface area (Å²) in [5, 5.41) is 10.1. The summed E-state index contributed by atoms with van der Waals surface area (Å²) in [5.74, 6) is -0.0141. The topological polar surface area (TPSA) is 64.5 Å². The first kappa shape index (κ1) is 20.3. The fraction of sp³-hybridized carbons (Fsp3) is 0.381. The number of aromatic nitrogens is 2. The van der Waals surface area contributed by atoms with Crippen LogP contribution in [0.5, 0.6) is 5.75 Å². The predicted octanol–water partition coefficient (Wildman–Crippen LogP) is 2.96. The summed E-state index contributed by atoms with van der Waals surface area (Å²) >= 11 is 0. The van der Waals surface area contributed by atoms with Crippen LogP contribution in [0.25, 0.3) is 11.0 Å². The third-order valence-corrected chi connectivity index (χ3v) is 5.48. The lowest BCUT2D eigenvalue weighted by Crippen LogP contribution is -2.47. The molecule has 1 saturated heterocycles. The van der Waals surface area contributed by atoms with Crippen molar-refractivity contribution in [2.75, 3.05) is 37.6 Å². The highest BCUT2D eigenvalue weighted by Crippen LogP contribution is 2.31. The number of phenols is 1. The van der Waals surface area contributed by atoms with Crippen molar-refractivity contribution in [2.24, 2.45) is 0 Å². The van der Waals surface area contributed by atoms with E-state index in [2.05, 4.69) is 9.88 Å². The van der Waals surface area contributed by atoms with Crippen molar-refractivity contribution >= 4 is 16.7 Å². The number of aromatic amines is 1. The Morgan fingerprint density at radius 2 is 1.73 bits per heavy atom. The summed E-state index contributed by atoms with van der Waals surface area (Å²) in [6, 6.07) is 11.6. The van der Waals surface area contributed by atoms with Crippen LogP contribution in [0.4, 0.5) is 18.9 Å². The first-order valence-electron chi connectivity index (χ1n) is 9.84. The highest BCUT2D eigenvalue weighted by Gasteiger charge is 2.28. The maximum Gasteiger partial charge on any atom is 0.393 e. The SMILES string of the molecule is O=c1[nH]c2ccccc2n1CCN1CCN(c2cc(CC(F)(F)F)ccc2O)CC1. The minimum atomic E-state index is -4.28. The standard InChI is InChI=1S/C21H23F3N4O2/c22-21(23,24)14-15-5-6-19(29)18(13-15)27-10-7-26(8-11-27)9-12-28-17-4-2-1-3-16(17)25-20(28)30/h1-6,13,29H,7-12,14H2,(H,25,30). The number of H-pyrrole nitrogens is 1. The number of hydrogen-bond donors (Lipinski definition) is 2. The molecule has 0 atom stereocenters. The number of aromatic hydroxyl groups is 1. The Morgan fingerprint density at radius 3 is 2.47 bits per heavy atom. The Balaban J connectivity index is 1.38. The zero-order valence-corrected chi connectivity index (χ0v) is 16.3. The van der Waals surface area contributed by atoms with Gasteiger partial charge in [-0.25, -0.2) is 4.79 Å². The van der Waals surface area contributed by atoms with E-state index in [0.29, 0.717) is 45.0 Å². The van der Waals surface area contributed by atoms with Gasteiger partial charge >= 0.3 is 11.9 Å². The van der Waals surface area contributed by atoms with Crippen LogP contribution >= 0.6 is 0 Å². The summed E-state index contributed by atoms with van der Waals surface area (Å²) in [4.78, 5) is 19.1. The molecule has 0 aliphatic carbocycles. The largest absolute Gasteiger partial charge is 0.506 e. The quantitative estimate of drug-likeness (QED) is 0.666. The highest BCUT2D eigenvalue weighted by molar-refractivity contribution is 5.74. The molecule has 0 spiro atoms. The molecule has 0 unspecified atom stereocenters. The summed E-state index contributed by atoms with van der Waals surface area (Å²) in [5.41, 5.74) is 2.11. The van der Waals surface area contributed by atoms with E-state index < -0.39 is 12.6 Å². The number of para-hydroxylation sites is 2. The minimum Gasteiger partial charge on any atom is -0.506 e. The van der Waals surface area contributed by atoms with Crippen molar-refractivity contribution < 1.29 is 18.3 Å². The molecule has 1 aliphatic heterocycles. The molecule has 9 heteroatoms. The third kappa shape index (κ3) is 4.46. The van der Waals surface area contributed by atoms with Gasteiger partial charge in [0.2, 0.25) is 0 Å². The van der Waals surface area contributed by atoms with E-state index >= 15 is 0 Å². The molecule has 4 rings (SSSR count). The number of imidazole rings is 1. The van der Waals surface area contributed by atoms with Gasteiger partial charge in [-0.15, -0.1) is 0 Å². The molecule has 2 heterocycles. The average molecular weight is 420 g/mol. The Bertz CT molecular complexity index is 1080. The van der Waals surface area contributed by atoms with E-state index in [1.165, 1.54) is 18.2 Å². The van der Waals surface area contributed by atoms with E-state index in [0.717, 1.165) is 11.0 Å². The second kappa shape index (κ2) is 8.06. The zero-order valence-electron chi connectivity index (χ0n) is 16.3. The lowest BCUT2D eigenvalue weighted by molar-refractivity contribution is -0.127. The number of fused-ring (bicyclic) bond motifs is 1. The maximum absolute atomic E-state index is 12.7. The Labute approximate surface area is 171 Å².